The van der Waals surface area contributed by atoms with Crippen molar-refractivity contribution in [1.82, 2.24) is 5.32 Å². The molecule has 3 nitrogen and oxygen atoms in total. The van der Waals surface area contributed by atoms with E-state index in [1.165, 1.54) is 12.1 Å². The van der Waals surface area contributed by atoms with Crippen LogP contribution >= 0.6 is 0 Å². The van der Waals surface area contributed by atoms with Gasteiger partial charge in [0.1, 0.15) is 18.1 Å². The van der Waals surface area contributed by atoms with E-state index in [1.54, 1.807) is 6.07 Å². The van der Waals surface area contributed by atoms with Crippen LogP contribution in [0, 0.1) is 23.0 Å². The first-order valence-electron chi connectivity index (χ1n) is 5.71. The number of rotatable bonds is 3. The second-order valence-electron chi connectivity index (χ2n) is 4.43. The molecule has 1 aromatic carbocycles. The van der Waals surface area contributed by atoms with E-state index in [9.17, 15) is 13.6 Å². The summed E-state index contributed by atoms with van der Waals surface area (Å²) in [5.41, 5.74) is 0.488. The number of nitrogens with zero attached hydrogens (tertiary/aromatic N) is 1. The standard InChI is InChI=1S/C13H12F2N2O/c14-9-1-2-11(12(15)7-9)8-5-10(6-8)17-13(18)3-4-16/h1-2,7-8,10H,3,5-6H2,(H,17,18). The fourth-order valence-corrected chi connectivity index (χ4v) is 2.17. The summed E-state index contributed by atoms with van der Waals surface area (Å²) in [6.07, 6.45) is 1.09. The summed E-state index contributed by atoms with van der Waals surface area (Å²) >= 11 is 0. The molecule has 0 saturated heterocycles. The van der Waals surface area contributed by atoms with Crippen LogP contribution in [0.3, 0.4) is 0 Å². The first-order chi connectivity index (χ1) is 8.60. The van der Waals surface area contributed by atoms with E-state index in [0.29, 0.717) is 18.4 Å². The molecule has 94 valence electrons. The van der Waals surface area contributed by atoms with Crippen LogP contribution in [0.15, 0.2) is 18.2 Å². The fraction of sp³-hybridized carbons (Fsp3) is 0.385. The normalized spacial score (nSPS) is 21.8. The van der Waals surface area contributed by atoms with Gasteiger partial charge in [0.05, 0.1) is 6.07 Å². The molecule has 0 bridgehead atoms. The molecule has 1 aliphatic rings. The number of nitrogens with one attached hydrogen (secondary N) is 1. The lowest BCUT2D eigenvalue weighted by atomic mass is 9.75. The minimum Gasteiger partial charge on any atom is -0.352 e. The molecule has 1 fully saturated rings. The number of carbonyl (C=O) groups is 1. The molecule has 0 aromatic heterocycles. The van der Waals surface area contributed by atoms with Crippen molar-refractivity contribution in [2.75, 3.05) is 0 Å². The van der Waals surface area contributed by atoms with Crippen molar-refractivity contribution in [3.05, 3.63) is 35.4 Å². The Labute approximate surface area is 103 Å². The van der Waals surface area contributed by atoms with Crippen LogP contribution in [0.4, 0.5) is 8.78 Å². The van der Waals surface area contributed by atoms with Crippen LogP contribution in [0.1, 0.15) is 30.7 Å². The Morgan fingerprint density at radius 1 is 1.44 bits per heavy atom. The maximum atomic E-state index is 13.5. The van der Waals surface area contributed by atoms with Gasteiger partial charge in [-0.3, -0.25) is 4.79 Å². The number of hydrogen-bond donors (Lipinski definition) is 1. The van der Waals surface area contributed by atoms with Crippen molar-refractivity contribution in [2.45, 2.75) is 31.2 Å². The summed E-state index contributed by atoms with van der Waals surface area (Å²) < 4.78 is 26.2. The summed E-state index contributed by atoms with van der Waals surface area (Å²) in [4.78, 5) is 11.1. The van der Waals surface area contributed by atoms with Gasteiger partial charge in [-0.1, -0.05) is 6.07 Å². The van der Waals surface area contributed by atoms with Crippen molar-refractivity contribution in [1.29, 1.82) is 5.26 Å². The number of amides is 1. The maximum Gasteiger partial charge on any atom is 0.234 e. The molecule has 0 spiro atoms. The minimum atomic E-state index is -0.588. The van der Waals surface area contributed by atoms with Gasteiger partial charge in [-0.05, 0) is 30.4 Å². The lowest BCUT2D eigenvalue weighted by molar-refractivity contribution is -0.121. The predicted octanol–water partition coefficient (Wildman–Crippen LogP) is 2.24. The fourth-order valence-electron chi connectivity index (χ4n) is 2.17. The zero-order valence-corrected chi connectivity index (χ0v) is 9.62. The average Bonchev–Trinajstić information content (AvgIpc) is 2.24. The molecule has 0 heterocycles. The second kappa shape index (κ2) is 5.13. The Balaban J connectivity index is 1.89. The highest BCUT2D eigenvalue weighted by molar-refractivity contribution is 5.78. The Bertz CT molecular complexity index is 504. The van der Waals surface area contributed by atoms with Gasteiger partial charge in [-0.2, -0.15) is 5.26 Å². The SMILES string of the molecule is N#CCC(=O)NC1CC(c2ccc(F)cc2F)C1. The molecule has 2 rings (SSSR count). The van der Waals surface area contributed by atoms with E-state index in [0.717, 1.165) is 6.07 Å². The van der Waals surface area contributed by atoms with Gasteiger partial charge < -0.3 is 5.32 Å². The van der Waals surface area contributed by atoms with Crippen molar-refractivity contribution < 1.29 is 13.6 Å². The van der Waals surface area contributed by atoms with Gasteiger partial charge in [0.2, 0.25) is 5.91 Å². The number of nitriles is 1. The first-order valence-corrected chi connectivity index (χ1v) is 5.71. The molecular weight excluding hydrogens is 238 g/mol. The predicted molar refractivity (Wildman–Crippen MR) is 60.5 cm³/mol. The molecule has 5 heteroatoms. The highest BCUT2D eigenvalue weighted by Crippen LogP contribution is 2.38. The van der Waals surface area contributed by atoms with E-state index in [1.807, 2.05) is 0 Å². The third kappa shape index (κ3) is 2.65. The van der Waals surface area contributed by atoms with Crippen molar-refractivity contribution in [2.24, 2.45) is 0 Å². The summed E-state index contributed by atoms with van der Waals surface area (Å²) in [7, 11) is 0. The highest BCUT2D eigenvalue weighted by atomic mass is 19.1. The number of halogens is 2. The monoisotopic (exact) mass is 250 g/mol. The zero-order valence-electron chi connectivity index (χ0n) is 9.62. The molecule has 1 saturated carbocycles. The smallest absolute Gasteiger partial charge is 0.234 e. The quantitative estimate of drug-likeness (QED) is 0.894. The van der Waals surface area contributed by atoms with Crippen LogP contribution in [-0.4, -0.2) is 11.9 Å². The van der Waals surface area contributed by atoms with Crippen LogP contribution < -0.4 is 5.32 Å². The molecule has 0 radical (unpaired) electrons. The van der Waals surface area contributed by atoms with E-state index in [-0.39, 0.29) is 24.3 Å². The topological polar surface area (TPSA) is 52.9 Å². The van der Waals surface area contributed by atoms with Crippen molar-refractivity contribution in [3.8, 4) is 6.07 Å². The third-order valence-corrected chi connectivity index (χ3v) is 3.15. The van der Waals surface area contributed by atoms with Gasteiger partial charge in [0, 0.05) is 12.1 Å². The molecule has 1 N–H and O–H groups in total. The summed E-state index contributed by atoms with van der Waals surface area (Å²) in [5, 5.41) is 11.0. The van der Waals surface area contributed by atoms with Gasteiger partial charge in [0.25, 0.3) is 0 Å². The van der Waals surface area contributed by atoms with Gasteiger partial charge >= 0.3 is 0 Å². The number of benzene rings is 1. The van der Waals surface area contributed by atoms with Crippen LogP contribution in [0.2, 0.25) is 0 Å². The largest absolute Gasteiger partial charge is 0.352 e. The van der Waals surface area contributed by atoms with E-state index in [4.69, 9.17) is 5.26 Å². The zero-order chi connectivity index (χ0) is 13.1. The van der Waals surface area contributed by atoms with E-state index in [2.05, 4.69) is 5.32 Å². The molecule has 1 aliphatic carbocycles. The van der Waals surface area contributed by atoms with Crippen LogP contribution in [0.25, 0.3) is 0 Å². The third-order valence-electron chi connectivity index (χ3n) is 3.15. The van der Waals surface area contributed by atoms with Gasteiger partial charge in [-0.15, -0.1) is 0 Å². The first kappa shape index (κ1) is 12.5. The van der Waals surface area contributed by atoms with Gasteiger partial charge in [-0.25, -0.2) is 8.78 Å². The summed E-state index contributed by atoms with van der Waals surface area (Å²) in [6, 6.07) is 5.31. The highest BCUT2D eigenvalue weighted by Gasteiger charge is 2.32. The van der Waals surface area contributed by atoms with Crippen LogP contribution in [0.5, 0.6) is 0 Å². The van der Waals surface area contributed by atoms with Crippen molar-refractivity contribution >= 4 is 5.91 Å². The molecule has 0 atom stereocenters. The lowest BCUT2D eigenvalue weighted by Crippen LogP contribution is -2.43. The Morgan fingerprint density at radius 2 is 2.17 bits per heavy atom. The molecule has 1 amide bonds. The average molecular weight is 250 g/mol. The second-order valence-corrected chi connectivity index (χ2v) is 4.43. The Hall–Kier alpha value is -1.96. The number of carbonyl (C=O) groups excluding carboxylic acids is 1. The summed E-state index contributed by atoms with van der Waals surface area (Å²) in [6.45, 7) is 0. The molecule has 0 unspecified atom stereocenters. The van der Waals surface area contributed by atoms with E-state index < -0.39 is 11.6 Å². The molecule has 1 aromatic rings. The minimum absolute atomic E-state index is 0.0120. The molecule has 0 aliphatic heterocycles. The molecular formula is C13H12F2N2O. The Morgan fingerprint density at radius 3 is 2.78 bits per heavy atom. The van der Waals surface area contributed by atoms with Gasteiger partial charge in [0.15, 0.2) is 0 Å². The Kier molecular flexibility index (Phi) is 3.56. The maximum absolute atomic E-state index is 13.5. The molecule has 18 heavy (non-hydrogen) atoms. The van der Waals surface area contributed by atoms with Crippen LogP contribution in [-0.2, 0) is 4.79 Å². The van der Waals surface area contributed by atoms with E-state index >= 15 is 0 Å². The number of hydrogen-bond acceptors (Lipinski definition) is 2. The lowest BCUT2D eigenvalue weighted by Gasteiger charge is -2.36. The summed E-state index contributed by atoms with van der Waals surface area (Å²) in [5.74, 6) is -1.42. The van der Waals surface area contributed by atoms with Crippen molar-refractivity contribution in [3.63, 3.8) is 0 Å².